The van der Waals surface area contributed by atoms with Crippen molar-refractivity contribution in [3.63, 3.8) is 0 Å². The van der Waals surface area contributed by atoms with Gasteiger partial charge in [0, 0.05) is 32.5 Å². The van der Waals surface area contributed by atoms with Crippen molar-refractivity contribution in [1.29, 1.82) is 0 Å². The van der Waals surface area contributed by atoms with E-state index in [0.29, 0.717) is 42.6 Å². The molecule has 2 atom stereocenters. The Morgan fingerprint density at radius 1 is 1.05 bits per heavy atom. The summed E-state index contributed by atoms with van der Waals surface area (Å²) in [6.45, 7) is 2.32. The average Bonchev–Trinajstić information content (AvgIpc) is 3.72. The summed E-state index contributed by atoms with van der Waals surface area (Å²) in [5.41, 5.74) is 8.80. The van der Waals surface area contributed by atoms with Crippen LogP contribution >= 0.6 is 0 Å². The smallest absolute Gasteiger partial charge is 0.335 e. The van der Waals surface area contributed by atoms with Gasteiger partial charge in [0.05, 0.1) is 12.2 Å². The van der Waals surface area contributed by atoms with E-state index >= 15 is 0 Å². The van der Waals surface area contributed by atoms with Gasteiger partial charge in [0.2, 0.25) is 5.92 Å². The number of allylic oxidation sites excluding steroid dienone is 1. The van der Waals surface area contributed by atoms with Crippen LogP contribution in [0.25, 0.3) is 11.6 Å². The van der Waals surface area contributed by atoms with Gasteiger partial charge in [-0.3, -0.25) is 9.29 Å². The molecule has 2 saturated carbocycles. The zero-order chi connectivity index (χ0) is 27.9. The highest BCUT2D eigenvalue weighted by atomic mass is 19.3. The van der Waals surface area contributed by atoms with Crippen molar-refractivity contribution >= 4 is 17.6 Å². The summed E-state index contributed by atoms with van der Waals surface area (Å²) < 4.78 is 40.1. The molecule has 3 aliphatic carbocycles. The monoisotopic (exact) mass is 549 g/mol. The lowest BCUT2D eigenvalue weighted by Crippen LogP contribution is -2.40. The minimum atomic E-state index is -2.50. The molecule has 0 spiro atoms. The molecule has 3 fully saturated rings. The molecule has 0 amide bonds. The molecular weight excluding hydrogens is 511 g/mol. The number of benzene rings is 2. The van der Waals surface area contributed by atoms with E-state index < -0.39 is 11.9 Å². The summed E-state index contributed by atoms with van der Waals surface area (Å²) in [5.74, 6) is -2.15. The molecule has 4 aliphatic rings. The van der Waals surface area contributed by atoms with E-state index in [-0.39, 0.29) is 19.5 Å². The van der Waals surface area contributed by atoms with Gasteiger partial charge >= 0.3 is 5.97 Å². The molecule has 1 aliphatic heterocycles. The Balaban J connectivity index is 1.29. The van der Waals surface area contributed by atoms with Gasteiger partial charge in [-0.15, -0.1) is 0 Å². The minimum absolute atomic E-state index is 0.0121. The van der Waals surface area contributed by atoms with E-state index in [1.54, 1.807) is 6.07 Å². The van der Waals surface area contributed by atoms with Gasteiger partial charge in [0.1, 0.15) is 0 Å². The largest absolute Gasteiger partial charge is 0.478 e. The van der Waals surface area contributed by atoms with Gasteiger partial charge in [0.15, 0.2) is 0 Å². The molecule has 0 radical (unpaired) electrons. The van der Waals surface area contributed by atoms with E-state index in [0.717, 1.165) is 67.6 Å². The second kappa shape index (κ2) is 11.2. The molecule has 212 valence electrons. The van der Waals surface area contributed by atoms with Crippen molar-refractivity contribution in [2.75, 3.05) is 26.3 Å². The van der Waals surface area contributed by atoms with Crippen molar-refractivity contribution in [3.05, 3.63) is 81.4 Å². The first-order chi connectivity index (χ1) is 19.3. The first kappa shape index (κ1) is 27.3. The van der Waals surface area contributed by atoms with Crippen molar-refractivity contribution in [2.24, 2.45) is 17.8 Å². The van der Waals surface area contributed by atoms with Crippen LogP contribution in [0.3, 0.4) is 0 Å². The fourth-order valence-electron chi connectivity index (χ4n) is 7.33. The highest BCUT2D eigenvalue weighted by Crippen LogP contribution is 2.57. The molecule has 1 N–H and O–H groups in total. The van der Waals surface area contributed by atoms with E-state index in [1.165, 1.54) is 16.7 Å². The highest BCUT2D eigenvalue weighted by molar-refractivity contribution is 5.91. The standard InChI is InChI=1S/C34H38F3NO2/c35-15-2-16-38-20-23(21-38)17-22-5-7-25(8-6-22)32-28-10-9-27(33(39)40)18-26(28)3-1-4-29(32)31-19-30(31)24-11-13-34(36,37)14-12-24/h5-10,17-18,24,30-31H,1-4,11-16,19-21H2,(H,39,40). The van der Waals surface area contributed by atoms with Gasteiger partial charge < -0.3 is 5.11 Å². The van der Waals surface area contributed by atoms with Crippen LogP contribution < -0.4 is 0 Å². The fraction of sp³-hybridized carbons (Fsp3) is 0.500. The number of hydrogen-bond acceptors (Lipinski definition) is 2. The Morgan fingerprint density at radius 3 is 2.50 bits per heavy atom. The number of carboxylic acid groups (broad SMARTS) is 1. The second-order valence-electron chi connectivity index (χ2n) is 12.3. The first-order valence-electron chi connectivity index (χ1n) is 14.9. The van der Waals surface area contributed by atoms with Crippen LogP contribution in [0.1, 0.15) is 84.0 Å². The summed E-state index contributed by atoms with van der Waals surface area (Å²) in [4.78, 5) is 14.0. The molecule has 2 aromatic carbocycles. The summed E-state index contributed by atoms with van der Waals surface area (Å²) in [6.07, 6.45) is 7.89. The molecular formula is C34H38F3NO2. The molecule has 6 rings (SSSR count). The lowest BCUT2D eigenvalue weighted by Gasteiger charge is -2.33. The number of aryl methyl sites for hydroxylation is 1. The third-order valence-electron chi connectivity index (χ3n) is 9.52. The van der Waals surface area contributed by atoms with E-state index in [1.807, 2.05) is 12.1 Å². The fourth-order valence-corrected chi connectivity index (χ4v) is 7.33. The molecule has 2 unspecified atom stereocenters. The molecule has 1 saturated heterocycles. The number of fused-ring (bicyclic) bond motifs is 1. The number of rotatable bonds is 8. The average molecular weight is 550 g/mol. The summed E-state index contributed by atoms with van der Waals surface area (Å²) in [5, 5.41) is 9.60. The van der Waals surface area contributed by atoms with Crippen LogP contribution in [0.15, 0.2) is 53.6 Å². The maximum atomic E-state index is 13.8. The Bertz CT molecular complexity index is 1310. The number of hydrogen-bond donors (Lipinski definition) is 1. The molecule has 6 heteroatoms. The Labute approximate surface area is 234 Å². The molecule has 1 heterocycles. The SMILES string of the molecule is O=C(O)c1ccc2c(c1)CCCC(C1CC1C1CCC(F)(F)CC1)=C2c1ccc(C=C2CN(CCCF)C2)cc1. The van der Waals surface area contributed by atoms with E-state index in [4.69, 9.17) is 0 Å². The quantitative estimate of drug-likeness (QED) is 0.362. The Kier molecular flexibility index (Phi) is 7.64. The molecule has 2 aromatic rings. The zero-order valence-corrected chi connectivity index (χ0v) is 23.0. The maximum absolute atomic E-state index is 13.8. The van der Waals surface area contributed by atoms with Crippen LogP contribution in [0.4, 0.5) is 13.2 Å². The molecule has 0 aromatic heterocycles. The number of halogens is 3. The number of likely N-dealkylation sites (tertiary alicyclic amines) is 1. The molecule has 0 bridgehead atoms. The van der Waals surface area contributed by atoms with Gasteiger partial charge in [-0.1, -0.05) is 42.0 Å². The summed E-state index contributed by atoms with van der Waals surface area (Å²) in [6, 6.07) is 14.2. The minimum Gasteiger partial charge on any atom is -0.478 e. The number of carboxylic acids is 1. The molecule has 40 heavy (non-hydrogen) atoms. The lowest BCUT2D eigenvalue weighted by atomic mass is 9.81. The Hall–Kier alpha value is -2.86. The van der Waals surface area contributed by atoms with Gasteiger partial charge in [-0.05, 0) is 108 Å². The predicted molar refractivity (Wildman–Crippen MR) is 152 cm³/mol. The predicted octanol–water partition coefficient (Wildman–Crippen LogP) is 8.04. The van der Waals surface area contributed by atoms with Crippen molar-refractivity contribution in [1.82, 2.24) is 4.90 Å². The topological polar surface area (TPSA) is 40.5 Å². The number of alkyl halides is 3. The third-order valence-corrected chi connectivity index (χ3v) is 9.52. The van der Waals surface area contributed by atoms with E-state index in [2.05, 4.69) is 35.2 Å². The van der Waals surface area contributed by atoms with Crippen LogP contribution in [-0.4, -0.2) is 48.2 Å². The maximum Gasteiger partial charge on any atom is 0.335 e. The summed E-state index contributed by atoms with van der Waals surface area (Å²) in [7, 11) is 0. The lowest BCUT2D eigenvalue weighted by molar-refractivity contribution is -0.0483. The van der Waals surface area contributed by atoms with Crippen LogP contribution in [-0.2, 0) is 6.42 Å². The summed E-state index contributed by atoms with van der Waals surface area (Å²) >= 11 is 0. The number of aromatic carboxylic acids is 1. The van der Waals surface area contributed by atoms with Crippen LogP contribution in [0, 0.1) is 17.8 Å². The molecule has 3 nitrogen and oxygen atoms in total. The van der Waals surface area contributed by atoms with Gasteiger partial charge in [0.25, 0.3) is 0 Å². The Morgan fingerprint density at radius 2 is 1.80 bits per heavy atom. The van der Waals surface area contributed by atoms with Gasteiger partial charge in [-0.2, -0.15) is 0 Å². The normalized spacial score (nSPS) is 24.7. The van der Waals surface area contributed by atoms with Crippen LogP contribution in [0.5, 0.6) is 0 Å². The highest BCUT2D eigenvalue weighted by Gasteiger charge is 2.48. The van der Waals surface area contributed by atoms with Crippen molar-refractivity contribution < 1.29 is 23.1 Å². The van der Waals surface area contributed by atoms with Gasteiger partial charge in [-0.25, -0.2) is 13.6 Å². The van der Waals surface area contributed by atoms with E-state index in [9.17, 15) is 23.1 Å². The van der Waals surface area contributed by atoms with Crippen LogP contribution in [0.2, 0.25) is 0 Å². The second-order valence-corrected chi connectivity index (χ2v) is 12.3. The number of nitrogens with zero attached hydrogens (tertiary/aromatic N) is 1. The first-order valence-corrected chi connectivity index (χ1v) is 14.9. The number of carbonyl (C=O) groups is 1. The zero-order valence-electron chi connectivity index (χ0n) is 23.0. The van der Waals surface area contributed by atoms with Crippen molar-refractivity contribution in [3.8, 4) is 0 Å². The third kappa shape index (κ3) is 5.79. The van der Waals surface area contributed by atoms with Crippen molar-refractivity contribution in [2.45, 2.75) is 63.7 Å².